The lowest BCUT2D eigenvalue weighted by Crippen LogP contribution is -2.40. The predicted molar refractivity (Wildman–Crippen MR) is 112 cm³/mol. The largest absolute Gasteiger partial charge is 0.337 e. The molecule has 13 heteroatoms. The number of aromatic nitrogens is 2. The monoisotopic (exact) mass is 471 g/mol. The summed E-state index contributed by atoms with van der Waals surface area (Å²) in [4.78, 5) is 41.1. The third-order valence-corrected chi connectivity index (χ3v) is 6.34. The lowest BCUT2D eigenvalue weighted by molar-refractivity contribution is -0.384. The molecule has 1 saturated heterocycles. The molecule has 1 aliphatic rings. The van der Waals surface area contributed by atoms with Gasteiger partial charge in [-0.15, -0.1) is 0 Å². The highest BCUT2D eigenvalue weighted by Gasteiger charge is 2.49. The lowest BCUT2D eigenvalue weighted by Gasteiger charge is -2.22. The van der Waals surface area contributed by atoms with Crippen molar-refractivity contribution in [1.82, 2.24) is 20.4 Å². The van der Waals surface area contributed by atoms with Crippen LogP contribution in [0.15, 0.2) is 57.9 Å². The number of nitro groups is 1. The molecule has 0 bridgehead atoms. The molecule has 1 atom stereocenters. The highest BCUT2D eigenvalue weighted by Crippen LogP contribution is 2.31. The van der Waals surface area contributed by atoms with E-state index in [4.69, 9.17) is 4.52 Å². The molecule has 1 fully saturated rings. The van der Waals surface area contributed by atoms with Crippen LogP contribution < -0.4 is 5.32 Å². The van der Waals surface area contributed by atoms with Crippen LogP contribution in [0.5, 0.6) is 0 Å². The zero-order chi connectivity index (χ0) is 24.0. The average Bonchev–Trinajstić information content (AvgIpc) is 3.32. The molecule has 170 valence electrons. The SMILES string of the molecule is CC1(c2ccc(S(C)(=O)=O)cc2)NC(=O)N(Cc2nc(-c3cccc([N+](=O)[O-])c3)no2)C1=O. The summed E-state index contributed by atoms with van der Waals surface area (Å²) < 4.78 is 28.5. The van der Waals surface area contributed by atoms with Gasteiger partial charge in [-0.3, -0.25) is 19.8 Å². The van der Waals surface area contributed by atoms with Gasteiger partial charge in [-0.05, 0) is 24.6 Å². The van der Waals surface area contributed by atoms with E-state index in [-0.39, 0.29) is 28.8 Å². The normalized spacial score (nSPS) is 18.4. The van der Waals surface area contributed by atoms with Gasteiger partial charge in [0.25, 0.3) is 11.6 Å². The molecule has 3 aromatic rings. The van der Waals surface area contributed by atoms with Crippen molar-refractivity contribution in [3.63, 3.8) is 0 Å². The average molecular weight is 471 g/mol. The number of carbonyl (C=O) groups excluding carboxylic acids is 2. The molecule has 1 aromatic heterocycles. The van der Waals surface area contributed by atoms with E-state index in [1.54, 1.807) is 6.07 Å². The highest BCUT2D eigenvalue weighted by molar-refractivity contribution is 7.90. The third kappa shape index (κ3) is 4.05. The number of imide groups is 1. The fourth-order valence-electron chi connectivity index (χ4n) is 3.40. The number of nitro benzene ring substituents is 1. The van der Waals surface area contributed by atoms with Gasteiger partial charge in [0, 0.05) is 24.0 Å². The van der Waals surface area contributed by atoms with Crippen LogP contribution in [0.25, 0.3) is 11.4 Å². The van der Waals surface area contributed by atoms with Gasteiger partial charge in [0.05, 0.1) is 9.82 Å². The first-order chi connectivity index (χ1) is 15.5. The van der Waals surface area contributed by atoms with Crippen molar-refractivity contribution in [1.29, 1.82) is 0 Å². The van der Waals surface area contributed by atoms with E-state index in [2.05, 4.69) is 15.5 Å². The van der Waals surface area contributed by atoms with Crippen LogP contribution in [0.3, 0.4) is 0 Å². The van der Waals surface area contributed by atoms with Crippen LogP contribution in [-0.2, 0) is 26.7 Å². The topological polar surface area (TPSA) is 166 Å². The number of non-ortho nitro benzene ring substituents is 1. The van der Waals surface area contributed by atoms with E-state index in [9.17, 15) is 28.1 Å². The van der Waals surface area contributed by atoms with Gasteiger partial charge in [-0.25, -0.2) is 13.2 Å². The molecule has 0 radical (unpaired) electrons. The summed E-state index contributed by atoms with van der Waals surface area (Å²) in [7, 11) is -3.41. The minimum absolute atomic E-state index is 0.0447. The molecule has 0 spiro atoms. The van der Waals surface area contributed by atoms with Gasteiger partial charge in [0.2, 0.25) is 11.7 Å². The Hall–Kier alpha value is -4.13. The maximum atomic E-state index is 13.1. The summed E-state index contributed by atoms with van der Waals surface area (Å²) in [5.41, 5.74) is -0.827. The summed E-state index contributed by atoms with van der Waals surface area (Å²) in [6.45, 7) is 1.19. The van der Waals surface area contributed by atoms with Crippen LogP contribution in [0, 0.1) is 10.1 Å². The maximum absolute atomic E-state index is 13.1. The molecule has 0 aliphatic carbocycles. The van der Waals surface area contributed by atoms with Crippen molar-refractivity contribution in [2.75, 3.05) is 6.26 Å². The van der Waals surface area contributed by atoms with Gasteiger partial charge < -0.3 is 9.84 Å². The van der Waals surface area contributed by atoms with E-state index < -0.39 is 32.2 Å². The lowest BCUT2D eigenvalue weighted by atomic mass is 9.92. The minimum Gasteiger partial charge on any atom is -0.337 e. The molecular formula is C20H17N5O7S. The molecule has 2 heterocycles. The van der Waals surface area contributed by atoms with Crippen LogP contribution in [0.2, 0.25) is 0 Å². The van der Waals surface area contributed by atoms with Crippen LogP contribution >= 0.6 is 0 Å². The summed E-state index contributed by atoms with van der Waals surface area (Å²) >= 11 is 0. The fraction of sp³-hybridized carbons (Fsp3) is 0.200. The van der Waals surface area contributed by atoms with Crippen LogP contribution in [0.4, 0.5) is 10.5 Å². The molecule has 33 heavy (non-hydrogen) atoms. The highest BCUT2D eigenvalue weighted by atomic mass is 32.2. The van der Waals surface area contributed by atoms with E-state index in [0.29, 0.717) is 11.1 Å². The quantitative estimate of drug-likeness (QED) is 0.321. The van der Waals surface area contributed by atoms with Crippen LogP contribution in [-0.4, -0.2) is 46.6 Å². The van der Waals surface area contributed by atoms with Crippen molar-refractivity contribution in [3.05, 3.63) is 70.1 Å². The van der Waals surface area contributed by atoms with E-state index in [0.717, 1.165) is 11.2 Å². The van der Waals surface area contributed by atoms with Crippen molar-refractivity contribution in [2.45, 2.75) is 23.9 Å². The molecule has 1 N–H and O–H groups in total. The second kappa shape index (κ2) is 7.78. The van der Waals surface area contributed by atoms with E-state index in [1.165, 1.54) is 49.4 Å². The van der Waals surface area contributed by atoms with Crippen molar-refractivity contribution < 1.29 is 27.5 Å². The fourth-order valence-corrected chi connectivity index (χ4v) is 4.03. The van der Waals surface area contributed by atoms with Crippen LogP contribution in [0.1, 0.15) is 18.4 Å². The van der Waals surface area contributed by atoms with Crippen molar-refractivity contribution >= 4 is 27.5 Å². The molecule has 1 aliphatic heterocycles. The smallest absolute Gasteiger partial charge is 0.325 e. The number of nitrogens with zero attached hydrogens (tertiary/aromatic N) is 4. The van der Waals surface area contributed by atoms with Gasteiger partial charge in [0.1, 0.15) is 12.1 Å². The Morgan fingerprint density at radius 3 is 2.52 bits per heavy atom. The number of amides is 3. The summed E-state index contributed by atoms with van der Waals surface area (Å²) in [6.07, 6.45) is 1.07. The Labute approximate surface area is 187 Å². The number of benzene rings is 2. The molecule has 12 nitrogen and oxygen atoms in total. The van der Waals surface area contributed by atoms with Gasteiger partial charge in [-0.2, -0.15) is 4.98 Å². The minimum atomic E-state index is -3.41. The second-order valence-corrected chi connectivity index (χ2v) is 9.58. The first-order valence-electron chi connectivity index (χ1n) is 9.51. The number of hydrogen-bond donors (Lipinski definition) is 1. The molecular weight excluding hydrogens is 454 g/mol. The molecule has 0 saturated carbocycles. The molecule has 1 unspecified atom stereocenters. The summed E-state index contributed by atoms with van der Waals surface area (Å²) in [6, 6.07) is 10.6. The van der Waals surface area contributed by atoms with Gasteiger partial charge in [0.15, 0.2) is 9.84 Å². The first-order valence-corrected chi connectivity index (χ1v) is 11.4. The summed E-state index contributed by atoms with van der Waals surface area (Å²) in [5.74, 6) is -0.564. The van der Waals surface area contributed by atoms with Gasteiger partial charge in [-0.1, -0.05) is 29.4 Å². The number of carbonyl (C=O) groups is 2. The maximum Gasteiger partial charge on any atom is 0.325 e. The Morgan fingerprint density at radius 1 is 1.18 bits per heavy atom. The number of rotatable bonds is 6. The van der Waals surface area contributed by atoms with E-state index in [1.807, 2.05) is 0 Å². The predicted octanol–water partition coefficient (Wildman–Crippen LogP) is 2.02. The van der Waals surface area contributed by atoms with Crippen molar-refractivity contribution in [2.24, 2.45) is 0 Å². The number of nitrogens with one attached hydrogen (secondary N) is 1. The molecule has 3 amide bonds. The Balaban J connectivity index is 1.56. The molecule has 4 rings (SSSR count). The zero-order valence-electron chi connectivity index (χ0n) is 17.4. The Morgan fingerprint density at radius 2 is 1.88 bits per heavy atom. The van der Waals surface area contributed by atoms with Crippen molar-refractivity contribution in [3.8, 4) is 11.4 Å². The second-order valence-electron chi connectivity index (χ2n) is 7.56. The first kappa shape index (κ1) is 22.1. The number of sulfone groups is 1. The number of hydrogen-bond acceptors (Lipinski definition) is 9. The number of urea groups is 1. The standard InChI is InChI=1S/C20H17N5O7S/c1-20(13-6-8-15(9-7-13)33(2,30)31)18(26)24(19(27)22-20)11-16-21-17(23-32-16)12-4-3-5-14(10-12)25(28)29/h3-10H,11H2,1-2H3,(H,22,27). The zero-order valence-corrected chi connectivity index (χ0v) is 18.2. The Kier molecular flexibility index (Phi) is 5.20. The summed E-state index contributed by atoms with van der Waals surface area (Å²) in [5, 5.41) is 17.3. The van der Waals surface area contributed by atoms with Gasteiger partial charge >= 0.3 is 6.03 Å². The molecule has 2 aromatic carbocycles. The third-order valence-electron chi connectivity index (χ3n) is 5.21. The van der Waals surface area contributed by atoms with E-state index >= 15 is 0 Å². The Bertz CT molecular complexity index is 1380.